The average Bonchev–Trinajstić information content (AvgIpc) is 3.07. The van der Waals surface area contributed by atoms with Crippen LogP contribution in [0.1, 0.15) is 38.9 Å². The highest BCUT2D eigenvalue weighted by atomic mass is 35.5. The standard InChI is InChI=1S/C24H24ClFN4O2/c1-16-22(23(25)30(27-16)15-18-3-7-20(26)8-4-18)24(32)29-13-11-28(12-14-29)21-9-5-19(6-10-21)17(2)31/h3-10H,11-15H2,1-2H3. The summed E-state index contributed by atoms with van der Waals surface area (Å²) in [5.74, 6) is -0.398. The number of rotatable bonds is 5. The van der Waals surface area contributed by atoms with Crippen molar-refractivity contribution in [3.8, 4) is 0 Å². The van der Waals surface area contributed by atoms with Crippen molar-refractivity contribution in [1.82, 2.24) is 14.7 Å². The van der Waals surface area contributed by atoms with Crippen molar-refractivity contribution in [1.29, 1.82) is 0 Å². The van der Waals surface area contributed by atoms with Gasteiger partial charge in [-0.25, -0.2) is 9.07 Å². The van der Waals surface area contributed by atoms with Gasteiger partial charge in [-0.1, -0.05) is 23.7 Å². The number of aryl methyl sites for hydroxylation is 1. The van der Waals surface area contributed by atoms with Crippen LogP contribution in [0.15, 0.2) is 48.5 Å². The van der Waals surface area contributed by atoms with E-state index in [4.69, 9.17) is 11.6 Å². The Labute approximate surface area is 191 Å². The topological polar surface area (TPSA) is 58.4 Å². The van der Waals surface area contributed by atoms with Crippen molar-refractivity contribution in [2.45, 2.75) is 20.4 Å². The molecular formula is C24H24ClFN4O2. The van der Waals surface area contributed by atoms with Crippen LogP contribution in [0.25, 0.3) is 0 Å². The molecule has 1 amide bonds. The average molecular weight is 455 g/mol. The number of halogens is 2. The fourth-order valence-electron chi connectivity index (χ4n) is 3.90. The third kappa shape index (κ3) is 4.53. The third-order valence-corrected chi connectivity index (χ3v) is 6.11. The van der Waals surface area contributed by atoms with Gasteiger partial charge in [0.1, 0.15) is 11.0 Å². The molecule has 2 aromatic carbocycles. The Bertz CT molecular complexity index is 1130. The van der Waals surface area contributed by atoms with E-state index in [-0.39, 0.29) is 17.5 Å². The van der Waals surface area contributed by atoms with Crippen molar-refractivity contribution < 1.29 is 14.0 Å². The molecule has 1 fully saturated rings. The maximum atomic E-state index is 13.2. The van der Waals surface area contributed by atoms with Gasteiger partial charge in [0.2, 0.25) is 0 Å². The lowest BCUT2D eigenvalue weighted by Gasteiger charge is -2.36. The number of piperazine rings is 1. The van der Waals surface area contributed by atoms with E-state index in [1.54, 1.807) is 35.6 Å². The van der Waals surface area contributed by atoms with E-state index in [0.717, 1.165) is 11.3 Å². The summed E-state index contributed by atoms with van der Waals surface area (Å²) in [4.78, 5) is 28.6. The molecule has 0 N–H and O–H groups in total. The number of carbonyl (C=O) groups excluding carboxylic acids is 2. The third-order valence-electron chi connectivity index (χ3n) is 5.73. The van der Waals surface area contributed by atoms with Gasteiger partial charge in [0.25, 0.3) is 5.91 Å². The van der Waals surface area contributed by atoms with Gasteiger partial charge in [-0.3, -0.25) is 9.59 Å². The Morgan fingerprint density at radius 1 is 1.00 bits per heavy atom. The predicted octanol–water partition coefficient (Wildman–Crippen LogP) is 4.20. The van der Waals surface area contributed by atoms with E-state index < -0.39 is 0 Å². The lowest BCUT2D eigenvalue weighted by atomic mass is 10.1. The zero-order valence-electron chi connectivity index (χ0n) is 18.0. The zero-order chi connectivity index (χ0) is 22.8. The van der Waals surface area contributed by atoms with Gasteiger partial charge in [-0.05, 0) is 55.8 Å². The minimum atomic E-state index is -0.304. The molecule has 0 spiro atoms. The summed E-state index contributed by atoms with van der Waals surface area (Å²) in [7, 11) is 0. The summed E-state index contributed by atoms with van der Waals surface area (Å²) in [6, 6.07) is 13.7. The summed E-state index contributed by atoms with van der Waals surface area (Å²) in [5, 5.41) is 4.73. The van der Waals surface area contributed by atoms with Gasteiger partial charge < -0.3 is 9.80 Å². The molecule has 166 valence electrons. The summed E-state index contributed by atoms with van der Waals surface area (Å²) in [6.45, 7) is 6.17. The normalized spacial score (nSPS) is 14.0. The second kappa shape index (κ2) is 9.12. The van der Waals surface area contributed by atoms with E-state index in [1.807, 2.05) is 24.3 Å². The Kier molecular flexibility index (Phi) is 6.28. The number of ketones is 1. The molecule has 1 saturated heterocycles. The number of anilines is 1. The molecule has 8 heteroatoms. The molecule has 0 aliphatic carbocycles. The SMILES string of the molecule is CC(=O)c1ccc(N2CCN(C(=O)c3c(C)nn(Cc4ccc(F)cc4)c3Cl)CC2)cc1. The first-order valence-electron chi connectivity index (χ1n) is 10.5. The van der Waals surface area contributed by atoms with E-state index in [9.17, 15) is 14.0 Å². The lowest BCUT2D eigenvalue weighted by Crippen LogP contribution is -2.49. The first-order valence-corrected chi connectivity index (χ1v) is 10.8. The number of benzene rings is 2. The van der Waals surface area contributed by atoms with Crippen molar-refractivity contribution in [3.05, 3.63) is 81.9 Å². The Balaban J connectivity index is 1.43. The van der Waals surface area contributed by atoms with Crippen molar-refractivity contribution in [2.24, 2.45) is 0 Å². The van der Waals surface area contributed by atoms with E-state index in [0.29, 0.717) is 54.7 Å². The highest BCUT2D eigenvalue weighted by molar-refractivity contribution is 6.33. The molecule has 0 saturated carbocycles. The number of hydrogen-bond donors (Lipinski definition) is 0. The first kappa shape index (κ1) is 22.0. The van der Waals surface area contributed by atoms with Gasteiger partial charge in [0, 0.05) is 37.4 Å². The van der Waals surface area contributed by atoms with Crippen LogP contribution in [-0.4, -0.2) is 52.5 Å². The molecule has 4 rings (SSSR count). The molecule has 1 aliphatic heterocycles. The maximum absolute atomic E-state index is 13.2. The van der Waals surface area contributed by atoms with Crippen LogP contribution in [0.5, 0.6) is 0 Å². The minimum absolute atomic E-state index is 0.0409. The fraction of sp³-hybridized carbons (Fsp3) is 0.292. The van der Waals surface area contributed by atoms with Crippen LogP contribution in [0.2, 0.25) is 5.15 Å². The molecule has 1 aliphatic rings. The Morgan fingerprint density at radius 2 is 1.62 bits per heavy atom. The van der Waals surface area contributed by atoms with Crippen molar-refractivity contribution in [2.75, 3.05) is 31.1 Å². The Morgan fingerprint density at radius 3 is 2.22 bits per heavy atom. The molecule has 0 bridgehead atoms. The summed E-state index contributed by atoms with van der Waals surface area (Å²) < 4.78 is 14.7. The van der Waals surface area contributed by atoms with E-state index in [2.05, 4.69) is 10.00 Å². The first-order chi connectivity index (χ1) is 15.3. The number of aromatic nitrogens is 2. The number of amides is 1. The molecule has 0 radical (unpaired) electrons. The predicted molar refractivity (Wildman–Crippen MR) is 122 cm³/mol. The van der Waals surface area contributed by atoms with Gasteiger partial charge in [0.05, 0.1) is 17.8 Å². The number of hydrogen-bond acceptors (Lipinski definition) is 4. The van der Waals surface area contributed by atoms with Crippen LogP contribution in [-0.2, 0) is 6.54 Å². The summed E-state index contributed by atoms with van der Waals surface area (Å²) in [6.07, 6.45) is 0. The summed E-state index contributed by atoms with van der Waals surface area (Å²) >= 11 is 6.53. The second-order valence-corrected chi connectivity index (χ2v) is 8.28. The smallest absolute Gasteiger partial charge is 0.259 e. The van der Waals surface area contributed by atoms with Gasteiger partial charge in [0.15, 0.2) is 5.78 Å². The van der Waals surface area contributed by atoms with Crippen LogP contribution in [0.4, 0.5) is 10.1 Å². The molecule has 0 unspecified atom stereocenters. The summed E-state index contributed by atoms with van der Waals surface area (Å²) in [5.41, 5.74) is 3.55. The zero-order valence-corrected chi connectivity index (χ0v) is 18.8. The van der Waals surface area contributed by atoms with Crippen LogP contribution >= 0.6 is 11.6 Å². The number of nitrogens with zero attached hydrogens (tertiary/aromatic N) is 4. The van der Waals surface area contributed by atoms with Crippen molar-refractivity contribution in [3.63, 3.8) is 0 Å². The molecular weight excluding hydrogens is 431 g/mol. The van der Waals surface area contributed by atoms with Gasteiger partial charge in [-0.15, -0.1) is 0 Å². The number of carbonyl (C=O) groups is 2. The number of Topliss-reactive ketones (excluding diaryl/α,β-unsaturated/α-hetero) is 1. The lowest BCUT2D eigenvalue weighted by molar-refractivity contribution is 0.0746. The quantitative estimate of drug-likeness (QED) is 0.542. The largest absolute Gasteiger partial charge is 0.368 e. The molecule has 6 nitrogen and oxygen atoms in total. The monoisotopic (exact) mass is 454 g/mol. The van der Waals surface area contributed by atoms with E-state index >= 15 is 0 Å². The fourth-order valence-corrected chi connectivity index (χ4v) is 4.21. The van der Waals surface area contributed by atoms with Gasteiger partial charge in [-0.2, -0.15) is 5.10 Å². The maximum Gasteiger partial charge on any atom is 0.259 e. The molecule has 2 heterocycles. The van der Waals surface area contributed by atoms with Crippen molar-refractivity contribution >= 4 is 29.0 Å². The molecule has 0 atom stereocenters. The van der Waals surface area contributed by atoms with Crippen LogP contribution in [0.3, 0.4) is 0 Å². The van der Waals surface area contributed by atoms with Gasteiger partial charge >= 0.3 is 0 Å². The van der Waals surface area contributed by atoms with Crippen LogP contribution < -0.4 is 4.90 Å². The highest BCUT2D eigenvalue weighted by Crippen LogP contribution is 2.24. The highest BCUT2D eigenvalue weighted by Gasteiger charge is 2.28. The second-order valence-electron chi connectivity index (χ2n) is 7.92. The Hall–Kier alpha value is -3.19. The van der Waals surface area contributed by atoms with Crippen LogP contribution in [0, 0.1) is 12.7 Å². The minimum Gasteiger partial charge on any atom is -0.368 e. The van der Waals surface area contributed by atoms with E-state index in [1.165, 1.54) is 12.1 Å². The molecule has 32 heavy (non-hydrogen) atoms. The molecule has 1 aromatic heterocycles. The molecule has 3 aromatic rings.